The molecule has 3 rings (SSSR count). The third-order valence-corrected chi connectivity index (χ3v) is 6.33. The Morgan fingerprint density at radius 3 is 2.33 bits per heavy atom. The lowest BCUT2D eigenvalue weighted by Gasteiger charge is -2.35. The first kappa shape index (κ1) is 25.0. The van der Waals surface area contributed by atoms with E-state index in [1.807, 2.05) is 24.3 Å². The number of halogens is 1. The standard InChI is InChI=1S/C28H38FN3O/c1-4-6-16-31(17-7-5-2)24-11-8-10-23(22-24)28(33)15-14-25-26(29)12-9-13-27(25)32-20-18-30(3)19-21-32/h8-15,22H,4-7,16-21H2,1-3H3. The van der Waals surface area contributed by atoms with Crippen molar-refractivity contribution in [3.8, 4) is 0 Å². The molecule has 0 radical (unpaired) electrons. The second-order valence-corrected chi connectivity index (χ2v) is 8.91. The number of nitrogens with zero attached hydrogens (tertiary/aromatic N) is 3. The molecule has 0 unspecified atom stereocenters. The Balaban J connectivity index is 1.79. The van der Waals surface area contributed by atoms with Crippen molar-refractivity contribution in [2.45, 2.75) is 39.5 Å². The number of hydrogen-bond donors (Lipinski definition) is 0. The Labute approximate surface area is 198 Å². The number of unbranched alkanes of at least 4 members (excludes halogenated alkanes) is 2. The highest BCUT2D eigenvalue weighted by Gasteiger charge is 2.18. The number of benzene rings is 2. The summed E-state index contributed by atoms with van der Waals surface area (Å²) in [4.78, 5) is 19.9. The molecule has 2 aromatic carbocycles. The second kappa shape index (κ2) is 12.5. The Kier molecular flexibility index (Phi) is 9.49. The van der Waals surface area contributed by atoms with Gasteiger partial charge in [0.15, 0.2) is 5.78 Å². The predicted octanol–water partition coefficient (Wildman–Crippen LogP) is 5.88. The fourth-order valence-corrected chi connectivity index (χ4v) is 4.19. The lowest BCUT2D eigenvalue weighted by molar-refractivity contribution is 0.104. The molecule has 0 saturated carbocycles. The normalized spacial score (nSPS) is 14.7. The van der Waals surface area contributed by atoms with E-state index in [-0.39, 0.29) is 11.6 Å². The molecule has 1 saturated heterocycles. The van der Waals surface area contributed by atoms with Crippen LogP contribution in [0.4, 0.5) is 15.8 Å². The highest BCUT2D eigenvalue weighted by Crippen LogP contribution is 2.26. The quantitative estimate of drug-likeness (QED) is 0.315. The molecule has 178 valence electrons. The van der Waals surface area contributed by atoms with Gasteiger partial charge < -0.3 is 14.7 Å². The number of allylic oxidation sites excluding steroid dienone is 1. The van der Waals surface area contributed by atoms with Gasteiger partial charge in [-0.05, 0) is 56.3 Å². The Morgan fingerprint density at radius 2 is 1.67 bits per heavy atom. The molecule has 0 aromatic heterocycles. The van der Waals surface area contributed by atoms with Crippen molar-refractivity contribution in [3.05, 3.63) is 65.5 Å². The Morgan fingerprint density at radius 1 is 1.00 bits per heavy atom. The monoisotopic (exact) mass is 451 g/mol. The molecule has 0 bridgehead atoms. The maximum absolute atomic E-state index is 14.7. The minimum atomic E-state index is -0.297. The van der Waals surface area contributed by atoms with Crippen molar-refractivity contribution in [1.82, 2.24) is 4.90 Å². The Hall–Kier alpha value is -2.66. The van der Waals surface area contributed by atoms with Crippen LogP contribution in [0.3, 0.4) is 0 Å². The van der Waals surface area contributed by atoms with E-state index < -0.39 is 0 Å². The molecule has 0 amide bonds. The molecule has 0 atom stereocenters. The van der Waals surface area contributed by atoms with Crippen LogP contribution in [0.1, 0.15) is 55.5 Å². The van der Waals surface area contributed by atoms with Crippen molar-refractivity contribution < 1.29 is 9.18 Å². The van der Waals surface area contributed by atoms with Gasteiger partial charge in [0.1, 0.15) is 5.82 Å². The molecule has 0 spiro atoms. The van der Waals surface area contributed by atoms with E-state index >= 15 is 0 Å². The summed E-state index contributed by atoms with van der Waals surface area (Å²) in [5, 5.41) is 0. The van der Waals surface area contributed by atoms with Crippen LogP contribution in [0, 0.1) is 5.82 Å². The minimum Gasteiger partial charge on any atom is -0.372 e. The summed E-state index contributed by atoms with van der Waals surface area (Å²) in [5.41, 5.74) is 3.06. The maximum atomic E-state index is 14.7. The van der Waals surface area contributed by atoms with Gasteiger partial charge in [-0.2, -0.15) is 0 Å². The molecule has 0 aliphatic carbocycles. The third kappa shape index (κ3) is 6.91. The number of anilines is 2. The van der Waals surface area contributed by atoms with Crippen molar-refractivity contribution in [3.63, 3.8) is 0 Å². The van der Waals surface area contributed by atoms with Gasteiger partial charge >= 0.3 is 0 Å². The highest BCUT2D eigenvalue weighted by atomic mass is 19.1. The van der Waals surface area contributed by atoms with Crippen LogP contribution in [0.5, 0.6) is 0 Å². The zero-order valence-electron chi connectivity index (χ0n) is 20.4. The van der Waals surface area contributed by atoms with Crippen molar-refractivity contribution in [2.24, 2.45) is 0 Å². The number of hydrogen-bond acceptors (Lipinski definition) is 4. The van der Waals surface area contributed by atoms with Gasteiger partial charge in [0, 0.05) is 61.8 Å². The number of carbonyl (C=O) groups excluding carboxylic acids is 1. The minimum absolute atomic E-state index is 0.102. The lowest BCUT2D eigenvalue weighted by atomic mass is 10.1. The molecule has 1 heterocycles. The van der Waals surface area contributed by atoms with E-state index in [1.54, 1.807) is 12.1 Å². The van der Waals surface area contributed by atoms with Crippen LogP contribution in [0.25, 0.3) is 6.08 Å². The first-order valence-corrected chi connectivity index (χ1v) is 12.3. The van der Waals surface area contributed by atoms with E-state index in [4.69, 9.17) is 0 Å². The average molecular weight is 452 g/mol. The molecular weight excluding hydrogens is 413 g/mol. The summed E-state index contributed by atoms with van der Waals surface area (Å²) in [7, 11) is 2.10. The molecule has 1 aliphatic heterocycles. The lowest BCUT2D eigenvalue weighted by Crippen LogP contribution is -2.44. The van der Waals surface area contributed by atoms with Crippen LogP contribution < -0.4 is 9.80 Å². The van der Waals surface area contributed by atoms with Crippen molar-refractivity contribution >= 4 is 23.2 Å². The van der Waals surface area contributed by atoms with Crippen molar-refractivity contribution in [2.75, 3.05) is 56.1 Å². The molecule has 4 nitrogen and oxygen atoms in total. The molecular formula is C28H38FN3O. The van der Waals surface area contributed by atoms with Crippen LogP contribution >= 0.6 is 0 Å². The number of carbonyl (C=O) groups is 1. The van der Waals surface area contributed by atoms with E-state index in [0.29, 0.717) is 11.1 Å². The summed E-state index contributed by atoms with van der Waals surface area (Å²) < 4.78 is 14.7. The van der Waals surface area contributed by atoms with Gasteiger partial charge in [-0.15, -0.1) is 0 Å². The summed E-state index contributed by atoms with van der Waals surface area (Å²) >= 11 is 0. The summed E-state index contributed by atoms with van der Waals surface area (Å²) in [5.74, 6) is -0.398. The molecule has 1 fully saturated rings. The largest absolute Gasteiger partial charge is 0.372 e. The highest BCUT2D eigenvalue weighted by molar-refractivity contribution is 6.07. The van der Waals surface area contributed by atoms with E-state index in [2.05, 4.69) is 41.7 Å². The van der Waals surface area contributed by atoms with Gasteiger partial charge in [0.05, 0.1) is 0 Å². The van der Waals surface area contributed by atoms with E-state index in [1.165, 1.54) is 12.1 Å². The van der Waals surface area contributed by atoms with E-state index in [0.717, 1.165) is 76.3 Å². The zero-order valence-corrected chi connectivity index (χ0v) is 20.4. The number of rotatable bonds is 11. The second-order valence-electron chi connectivity index (χ2n) is 8.91. The fraction of sp³-hybridized carbons (Fsp3) is 0.464. The van der Waals surface area contributed by atoms with Crippen LogP contribution in [0.2, 0.25) is 0 Å². The summed E-state index contributed by atoms with van der Waals surface area (Å²) in [6, 6.07) is 13.0. The molecule has 1 aliphatic rings. The molecule has 0 N–H and O–H groups in total. The van der Waals surface area contributed by atoms with Gasteiger partial charge in [0.25, 0.3) is 0 Å². The Bertz CT molecular complexity index is 926. The predicted molar refractivity (Wildman–Crippen MR) is 138 cm³/mol. The topological polar surface area (TPSA) is 26.8 Å². The first-order chi connectivity index (χ1) is 16.0. The van der Waals surface area contributed by atoms with Crippen LogP contribution in [-0.4, -0.2) is 57.0 Å². The van der Waals surface area contributed by atoms with Crippen molar-refractivity contribution in [1.29, 1.82) is 0 Å². The van der Waals surface area contributed by atoms with E-state index in [9.17, 15) is 9.18 Å². The van der Waals surface area contributed by atoms with Gasteiger partial charge in [0.2, 0.25) is 0 Å². The van der Waals surface area contributed by atoms with Gasteiger partial charge in [-0.1, -0.05) is 44.9 Å². The summed E-state index contributed by atoms with van der Waals surface area (Å²) in [6.07, 6.45) is 7.70. The third-order valence-electron chi connectivity index (χ3n) is 6.33. The van der Waals surface area contributed by atoms with Gasteiger partial charge in [-0.25, -0.2) is 4.39 Å². The molecule has 33 heavy (non-hydrogen) atoms. The fourth-order valence-electron chi connectivity index (χ4n) is 4.19. The maximum Gasteiger partial charge on any atom is 0.185 e. The van der Waals surface area contributed by atoms with Gasteiger partial charge in [-0.3, -0.25) is 4.79 Å². The number of piperazine rings is 1. The van der Waals surface area contributed by atoms with Crippen LogP contribution in [0.15, 0.2) is 48.5 Å². The summed E-state index contributed by atoms with van der Waals surface area (Å²) in [6.45, 7) is 9.96. The molecule has 5 heteroatoms. The van der Waals surface area contributed by atoms with Crippen LogP contribution in [-0.2, 0) is 0 Å². The smallest absolute Gasteiger partial charge is 0.185 e. The molecule has 2 aromatic rings. The number of ketones is 1. The average Bonchev–Trinajstić information content (AvgIpc) is 2.83. The zero-order chi connectivity index (χ0) is 23.6. The SMILES string of the molecule is CCCCN(CCCC)c1cccc(C(=O)C=Cc2c(F)cccc2N2CCN(C)CC2)c1. The number of likely N-dealkylation sites (N-methyl/N-ethyl adjacent to an activating group) is 1. The first-order valence-electron chi connectivity index (χ1n) is 12.3.